The van der Waals surface area contributed by atoms with E-state index in [0.717, 1.165) is 55.5 Å². The second-order valence-corrected chi connectivity index (χ2v) is 8.39. The number of rotatable bonds is 5. The smallest absolute Gasteiger partial charge is 0.253 e. The lowest BCUT2D eigenvalue weighted by Gasteiger charge is -2.33. The summed E-state index contributed by atoms with van der Waals surface area (Å²) in [5.41, 5.74) is 2.00. The molecule has 6 heteroatoms. The molecule has 2 aliphatic rings. The van der Waals surface area contributed by atoms with Crippen molar-refractivity contribution in [2.45, 2.75) is 64.8 Å². The van der Waals surface area contributed by atoms with Crippen molar-refractivity contribution in [2.75, 3.05) is 18.0 Å². The summed E-state index contributed by atoms with van der Waals surface area (Å²) in [5, 5.41) is 0. The van der Waals surface area contributed by atoms with E-state index in [-0.39, 0.29) is 11.5 Å². The van der Waals surface area contributed by atoms with E-state index in [4.69, 9.17) is 4.98 Å². The second kappa shape index (κ2) is 7.41. The topological polar surface area (TPSA) is 63.9 Å². The van der Waals surface area contributed by atoms with E-state index in [0.29, 0.717) is 11.8 Å². The third-order valence-corrected chi connectivity index (χ3v) is 5.69. The quantitative estimate of drug-likeness (QED) is 0.812. The molecule has 0 spiro atoms. The highest BCUT2D eigenvalue weighted by Crippen LogP contribution is 2.38. The average Bonchev–Trinajstić information content (AvgIpc) is 3.48. The molecule has 1 saturated carbocycles. The zero-order chi connectivity index (χ0) is 19.0. The number of piperidine rings is 1. The second-order valence-electron chi connectivity index (χ2n) is 8.39. The Bertz CT molecular complexity index is 863. The van der Waals surface area contributed by atoms with Gasteiger partial charge in [-0.05, 0) is 44.4 Å². The zero-order valence-electron chi connectivity index (χ0n) is 16.6. The third-order valence-electron chi connectivity index (χ3n) is 5.69. The van der Waals surface area contributed by atoms with E-state index in [2.05, 4.69) is 41.7 Å². The zero-order valence-corrected chi connectivity index (χ0v) is 16.6. The van der Waals surface area contributed by atoms with Crippen LogP contribution in [0.15, 0.2) is 23.3 Å². The fourth-order valence-electron chi connectivity index (χ4n) is 3.78. The Labute approximate surface area is 160 Å². The average molecular weight is 367 g/mol. The van der Waals surface area contributed by atoms with Crippen LogP contribution in [0.3, 0.4) is 0 Å². The summed E-state index contributed by atoms with van der Waals surface area (Å²) in [7, 11) is 0. The number of aromatic nitrogens is 4. The highest BCUT2D eigenvalue weighted by atomic mass is 16.1. The highest BCUT2D eigenvalue weighted by Gasteiger charge is 2.28. The summed E-state index contributed by atoms with van der Waals surface area (Å²) in [6.45, 7) is 8.91. The molecule has 3 heterocycles. The molecule has 1 aliphatic heterocycles. The van der Waals surface area contributed by atoms with Gasteiger partial charge in [0.25, 0.3) is 5.56 Å². The Morgan fingerprint density at radius 3 is 2.48 bits per heavy atom. The highest BCUT2D eigenvalue weighted by molar-refractivity contribution is 5.40. The van der Waals surface area contributed by atoms with Crippen LogP contribution < -0.4 is 10.5 Å². The molecule has 1 aliphatic carbocycles. The van der Waals surface area contributed by atoms with Gasteiger partial charge in [-0.2, -0.15) is 0 Å². The van der Waals surface area contributed by atoms with Gasteiger partial charge in [-0.3, -0.25) is 9.36 Å². The van der Waals surface area contributed by atoms with Crippen molar-refractivity contribution in [2.24, 2.45) is 5.92 Å². The molecule has 0 bridgehead atoms. The van der Waals surface area contributed by atoms with Crippen molar-refractivity contribution in [1.82, 2.24) is 19.5 Å². The van der Waals surface area contributed by atoms with Crippen LogP contribution >= 0.6 is 0 Å². The molecule has 2 aromatic heterocycles. The molecule has 144 valence electrons. The van der Waals surface area contributed by atoms with Crippen LogP contribution in [0.25, 0.3) is 0 Å². The van der Waals surface area contributed by atoms with Crippen molar-refractivity contribution in [3.63, 3.8) is 0 Å². The molecule has 0 amide bonds. The van der Waals surface area contributed by atoms with Crippen molar-refractivity contribution in [3.05, 3.63) is 46.0 Å². The van der Waals surface area contributed by atoms with Crippen molar-refractivity contribution < 1.29 is 0 Å². The number of hydrogen-bond acceptors (Lipinski definition) is 5. The predicted octanol–water partition coefficient (Wildman–Crippen LogP) is 3.26. The maximum atomic E-state index is 12.3. The van der Waals surface area contributed by atoms with Gasteiger partial charge in [0.05, 0.1) is 12.0 Å². The Balaban J connectivity index is 1.39. The van der Waals surface area contributed by atoms with Crippen LogP contribution in [0.2, 0.25) is 0 Å². The first-order chi connectivity index (χ1) is 13.0. The molecule has 2 fully saturated rings. The van der Waals surface area contributed by atoms with Gasteiger partial charge in [-0.1, -0.05) is 13.8 Å². The predicted molar refractivity (Wildman–Crippen MR) is 106 cm³/mol. The van der Waals surface area contributed by atoms with Gasteiger partial charge in [-0.25, -0.2) is 15.0 Å². The van der Waals surface area contributed by atoms with Gasteiger partial charge in [0.1, 0.15) is 11.6 Å². The van der Waals surface area contributed by atoms with Gasteiger partial charge in [0.15, 0.2) is 0 Å². The Morgan fingerprint density at radius 1 is 1.11 bits per heavy atom. The van der Waals surface area contributed by atoms with Crippen molar-refractivity contribution in [1.29, 1.82) is 0 Å². The molecule has 27 heavy (non-hydrogen) atoms. The van der Waals surface area contributed by atoms with Crippen LogP contribution in [0, 0.1) is 12.8 Å². The summed E-state index contributed by atoms with van der Waals surface area (Å²) in [6.07, 6.45) is 6.31. The molecule has 6 nitrogen and oxygen atoms in total. The van der Waals surface area contributed by atoms with Gasteiger partial charge in [0.2, 0.25) is 0 Å². The standard InChI is InChI=1S/C21H29N5O/c1-14(2)18-11-20(27)26(13-22-18)12-16-6-8-25(9-7-16)19-10-15(3)23-21(24-19)17-4-5-17/h10-11,13-14,16-17H,4-9,12H2,1-3H3. The van der Waals surface area contributed by atoms with Crippen molar-refractivity contribution in [3.8, 4) is 0 Å². The summed E-state index contributed by atoms with van der Waals surface area (Å²) < 4.78 is 1.77. The lowest BCUT2D eigenvalue weighted by Crippen LogP contribution is -2.37. The third kappa shape index (κ3) is 4.20. The van der Waals surface area contributed by atoms with Gasteiger partial charge in [-0.15, -0.1) is 0 Å². The summed E-state index contributed by atoms with van der Waals surface area (Å²) in [4.78, 5) is 28.6. The largest absolute Gasteiger partial charge is 0.356 e. The van der Waals surface area contributed by atoms with E-state index in [1.54, 1.807) is 17.0 Å². The maximum Gasteiger partial charge on any atom is 0.253 e. The first kappa shape index (κ1) is 18.1. The van der Waals surface area contributed by atoms with Crippen molar-refractivity contribution >= 4 is 5.82 Å². The summed E-state index contributed by atoms with van der Waals surface area (Å²) in [6, 6.07) is 3.79. The molecule has 0 aromatic carbocycles. The number of anilines is 1. The van der Waals surface area contributed by atoms with E-state index >= 15 is 0 Å². The first-order valence-corrected chi connectivity index (χ1v) is 10.2. The van der Waals surface area contributed by atoms with Crippen LogP contribution in [-0.2, 0) is 6.54 Å². The maximum absolute atomic E-state index is 12.3. The normalized spacial score (nSPS) is 18.3. The minimum atomic E-state index is 0.0663. The molecule has 0 N–H and O–H groups in total. The monoisotopic (exact) mass is 367 g/mol. The minimum Gasteiger partial charge on any atom is -0.356 e. The molecule has 0 unspecified atom stereocenters. The first-order valence-electron chi connectivity index (χ1n) is 10.2. The number of hydrogen-bond donors (Lipinski definition) is 0. The molecular formula is C21H29N5O. The molecule has 0 atom stereocenters. The fourth-order valence-corrected chi connectivity index (χ4v) is 3.78. The summed E-state index contributed by atoms with van der Waals surface area (Å²) in [5.74, 6) is 3.47. The molecular weight excluding hydrogens is 338 g/mol. The molecule has 2 aromatic rings. The van der Waals surface area contributed by atoms with E-state index in [1.807, 2.05) is 0 Å². The Hall–Kier alpha value is -2.24. The van der Waals surface area contributed by atoms with Crippen LogP contribution in [0.5, 0.6) is 0 Å². The van der Waals surface area contributed by atoms with E-state index in [1.165, 1.54) is 12.8 Å². The molecule has 0 radical (unpaired) electrons. The van der Waals surface area contributed by atoms with Crippen LogP contribution in [-0.4, -0.2) is 32.6 Å². The van der Waals surface area contributed by atoms with Crippen LogP contribution in [0.4, 0.5) is 5.82 Å². The Morgan fingerprint density at radius 2 is 1.85 bits per heavy atom. The fraction of sp³-hybridized carbons (Fsp3) is 0.619. The van der Waals surface area contributed by atoms with E-state index in [9.17, 15) is 4.79 Å². The number of aryl methyl sites for hydroxylation is 1. The Kier molecular flexibility index (Phi) is 4.98. The molecule has 1 saturated heterocycles. The van der Waals surface area contributed by atoms with Crippen LogP contribution in [0.1, 0.15) is 68.6 Å². The van der Waals surface area contributed by atoms with E-state index < -0.39 is 0 Å². The SMILES string of the molecule is Cc1cc(N2CCC(Cn3cnc(C(C)C)cc3=O)CC2)nc(C2CC2)n1. The van der Waals surface area contributed by atoms with Gasteiger partial charge in [0, 0.05) is 43.4 Å². The lowest BCUT2D eigenvalue weighted by atomic mass is 9.96. The summed E-state index contributed by atoms with van der Waals surface area (Å²) >= 11 is 0. The minimum absolute atomic E-state index is 0.0663. The van der Waals surface area contributed by atoms with Gasteiger partial charge < -0.3 is 4.90 Å². The van der Waals surface area contributed by atoms with Gasteiger partial charge >= 0.3 is 0 Å². The molecule has 4 rings (SSSR count). The lowest BCUT2D eigenvalue weighted by molar-refractivity contribution is 0.349. The number of nitrogens with zero attached hydrogens (tertiary/aromatic N) is 5.